The van der Waals surface area contributed by atoms with E-state index >= 15 is 0 Å². The second-order valence-electron chi connectivity index (χ2n) is 6.81. The average molecular weight is 410 g/mol. The fourth-order valence-corrected chi connectivity index (χ4v) is 3.55. The van der Waals surface area contributed by atoms with Gasteiger partial charge in [0.15, 0.2) is 6.61 Å². The topological polar surface area (TPSA) is 92.8 Å². The van der Waals surface area contributed by atoms with Gasteiger partial charge in [-0.1, -0.05) is 30.7 Å². The van der Waals surface area contributed by atoms with Gasteiger partial charge in [0.25, 0.3) is 5.91 Å². The van der Waals surface area contributed by atoms with E-state index in [1.54, 1.807) is 25.6 Å². The zero-order chi connectivity index (χ0) is 20.4. The summed E-state index contributed by atoms with van der Waals surface area (Å²) in [7, 11) is 1.56. The van der Waals surface area contributed by atoms with E-state index < -0.39 is 0 Å². The number of likely N-dealkylation sites (N-methyl/N-ethyl adjacent to an activating group) is 1. The first-order chi connectivity index (χ1) is 14.1. The smallest absolute Gasteiger partial charge is 0.257 e. The fourth-order valence-electron chi connectivity index (χ4n) is 3.28. The number of benzene rings is 1. The van der Waals surface area contributed by atoms with E-state index in [1.807, 2.05) is 24.3 Å². The van der Waals surface area contributed by atoms with Crippen LogP contribution in [0.1, 0.15) is 24.2 Å². The number of H-pyrrole nitrogens is 1. The summed E-state index contributed by atoms with van der Waals surface area (Å²) in [5, 5.41) is 4.68. The summed E-state index contributed by atoms with van der Waals surface area (Å²) in [6, 6.07) is 9.52. The number of hydrogen-bond donors (Lipinski definition) is 2. The van der Waals surface area contributed by atoms with E-state index in [1.165, 1.54) is 0 Å². The lowest BCUT2D eigenvalue weighted by Gasteiger charge is -2.15. The molecule has 7 nitrogen and oxygen atoms in total. The second-order valence-corrected chi connectivity index (χ2v) is 7.22. The monoisotopic (exact) mass is 409 g/mol. The minimum atomic E-state index is -0.236. The number of hydrogen-bond acceptors (Lipinski definition) is 5. The summed E-state index contributed by atoms with van der Waals surface area (Å²) in [5.74, 6) is 0.167. The van der Waals surface area contributed by atoms with Gasteiger partial charge in [0, 0.05) is 31.3 Å². The van der Waals surface area contributed by atoms with E-state index in [4.69, 9.17) is 16.3 Å². The standard InChI is InChI=1S/C21H20ClN5O2/c1-12(8-17-20-15(6-7-24-17)25-11-26-20)16-9-13-4-3-5-14(22)19(13)21(27-16)29-10-18(28)23-2/h3-7,9,11-12H,8,10H2,1-2H3,(H,23,28)(H,25,26)/t12-/m1/s1. The van der Waals surface area contributed by atoms with Crippen molar-refractivity contribution in [2.75, 3.05) is 13.7 Å². The van der Waals surface area contributed by atoms with Gasteiger partial charge in [0.05, 0.1) is 27.9 Å². The Labute approximate surface area is 172 Å². The normalized spacial score (nSPS) is 12.2. The molecule has 0 saturated heterocycles. The Balaban J connectivity index is 1.71. The van der Waals surface area contributed by atoms with Crippen LogP contribution in [-0.2, 0) is 11.2 Å². The molecule has 0 bridgehead atoms. The maximum absolute atomic E-state index is 11.7. The van der Waals surface area contributed by atoms with Gasteiger partial charge in [-0.3, -0.25) is 9.78 Å². The van der Waals surface area contributed by atoms with Crippen molar-refractivity contribution in [2.45, 2.75) is 19.3 Å². The number of rotatable bonds is 6. The second kappa shape index (κ2) is 8.05. The Kier molecular flexibility index (Phi) is 5.31. The first-order valence-electron chi connectivity index (χ1n) is 9.26. The molecule has 4 rings (SSSR count). The first kappa shape index (κ1) is 19.1. The Morgan fingerprint density at radius 3 is 3.00 bits per heavy atom. The molecule has 8 heteroatoms. The van der Waals surface area contributed by atoms with Crippen LogP contribution < -0.4 is 10.1 Å². The Hall–Kier alpha value is -3.19. The highest BCUT2D eigenvalue weighted by molar-refractivity contribution is 6.36. The van der Waals surface area contributed by atoms with Crippen LogP contribution in [0, 0.1) is 0 Å². The third kappa shape index (κ3) is 3.86. The predicted octanol–water partition coefficient (Wildman–Crippen LogP) is 3.63. The number of carbonyl (C=O) groups is 1. The molecule has 0 aliphatic heterocycles. The molecule has 0 aliphatic rings. The number of imidazole rings is 1. The van der Waals surface area contributed by atoms with E-state index in [9.17, 15) is 4.79 Å². The van der Waals surface area contributed by atoms with Gasteiger partial charge in [0.1, 0.15) is 5.52 Å². The molecule has 2 N–H and O–H groups in total. The minimum Gasteiger partial charge on any atom is -0.467 e. The zero-order valence-corrected chi connectivity index (χ0v) is 16.8. The van der Waals surface area contributed by atoms with E-state index in [2.05, 4.69) is 32.2 Å². The molecule has 0 aliphatic carbocycles. The van der Waals surface area contributed by atoms with Crippen LogP contribution in [0.2, 0.25) is 5.02 Å². The number of nitrogens with one attached hydrogen (secondary N) is 2. The number of halogens is 1. The van der Waals surface area contributed by atoms with Crippen LogP contribution in [0.5, 0.6) is 5.88 Å². The number of aromatic nitrogens is 4. The Morgan fingerprint density at radius 1 is 1.31 bits per heavy atom. The maximum atomic E-state index is 11.7. The number of ether oxygens (including phenoxy) is 1. The van der Waals surface area contributed by atoms with Crippen molar-refractivity contribution in [1.29, 1.82) is 0 Å². The van der Waals surface area contributed by atoms with Gasteiger partial charge in [-0.2, -0.15) is 0 Å². The molecule has 3 heterocycles. The molecule has 0 radical (unpaired) electrons. The predicted molar refractivity (Wildman–Crippen MR) is 112 cm³/mol. The van der Waals surface area contributed by atoms with Gasteiger partial charge in [0.2, 0.25) is 5.88 Å². The summed E-state index contributed by atoms with van der Waals surface area (Å²) in [6.07, 6.45) is 4.10. The van der Waals surface area contributed by atoms with Gasteiger partial charge >= 0.3 is 0 Å². The Bertz CT molecular complexity index is 1190. The van der Waals surface area contributed by atoms with Crippen molar-refractivity contribution in [1.82, 2.24) is 25.3 Å². The van der Waals surface area contributed by atoms with E-state index in [-0.39, 0.29) is 18.4 Å². The SMILES string of the molecule is CNC(=O)COc1nc([C@H](C)Cc2nccc3[nH]cnc23)cc2cccc(Cl)c12. The van der Waals surface area contributed by atoms with Crippen LogP contribution in [-0.4, -0.2) is 39.5 Å². The van der Waals surface area contributed by atoms with E-state index in [0.29, 0.717) is 22.7 Å². The largest absolute Gasteiger partial charge is 0.467 e. The molecule has 0 unspecified atom stereocenters. The zero-order valence-electron chi connectivity index (χ0n) is 16.1. The molecular formula is C21H20ClN5O2. The highest BCUT2D eigenvalue weighted by atomic mass is 35.5. The van der Waals surface area contributed by atoms with Gasteiger partial charge in [-0.25, -0.2) is 9.97 Å². The van der Waals surface area contributed by atoms with Crippen molar-refractivity contribution in [3.8, 4) is 5.88 Å². The maximum Gasteiger partial charge on any atom is 0.257 e. The molecule has 0 saturated carbocycles. The van der Waals surface area contributed by atoms with Gasteiger partial charge in [-0.15, -0.1) is 0 Å². The fraction of sp³-hybridized carbons (Fsp3) is 0.238. The van der Waals surface area contributed by atoms with Crippen LogP contribution >= 0.6 is 11.6 Å². The van der Waals surface area contributed by atoms with Crippen LogP contribution in [0.4, 0.5) is 0 Å². The Morgan fingerprint density at radius 2 is 2.17 bits per heavy atom. The van der Waals surface area contributed by atoms with Crippen molar-refractivity contribution in [3.05, 3.63) is 59.3 Å². The molecule has 4 aromatic rings. The lowest BCUT2D eigenvalue weighted by Crippen LogP contribution is -2.25. The third-order valence-corrected chi connectivity index (χ3v) is 5.15. The third-order valence-electron chi connectivity index (χ3n) is 4.83. The summed E-state index contributed by atoms with van der Waals surface area (Å²) < 4.78 is 5.71. The minimum absolute atomic E-state index is 0.0514. The summed E-state index contributed by atoms with van der Waals surface area (Å²) >= 11 is 6.38. The number of amides is 1. The molecule has 29 heavy (non-hydrogen) atoms. The molecule has 1 amide bonds. The van der Waals surface area contributed by atoms with Crippen molar-refractivity contribution in [2.24, 2.45) is 0 Å². The molecule has 0 spiro atoms. The van der Waals surface area contributed by atoms with Gasteiger partial charge < -0.3 is 15.0 Å². The number of carbonyl (C=O) groups excluding carboxylic acids is 1. The lowest BCUT2D eigenvalue weighted by molar-refractivity contribution is -0.122. The molecule has 3 aromatic heterocycles. The number of pyridine rings is 2. The highest BCUT2D eigenvalue weighted by Gasteiger charge is 2.17. The summed E-state index contributed by atoms with van der Waals surface area (Å²) in [6.45, 7) is 1.95. The first-order valence-corrected chi connectivity index (χ1v) is 9.64. The number of nitrogens with zero attached hydrogens (tertiary/aromatic N) is 3. The average Bonchev–Trinajstić information content (AvgIpc) is 3.21. The summed E-state index contributed by atoms with van der Waals surface area (Å²) in [5.41, 5.74) is 3.55. The van der Waals surface area contributed by atoms with Crippen molar-refractivity contribution < 1.29 is 9.53 Å². The quantitative estimate of drug-likeness (QED) is 0.507. The number of fused-ring (bicyclic) bond motifs is 2. The summed E-state index contributed by atoms with van der Waals surface area (Å²) in [4.78, 5) is 28.3. The molecule has 148 valence electrons. The van der Waals surface area contributed by atoms with Gasteiger partial charge in [-0.05, 0) is 23.6 Å². The lowest BCUT2D eigenvalue weighted by atomic mass is 9.98. The molecular weight excluding hydrogens is 390 g/mol. The van der Waals surface area contributed by atoms with Crippen LogP contribution in [0.3, 0.4) is 0 Å². The molecule has 0 fully saturated rings. The van der Waals surface area contributed by atoms with Crippen LogP contribution in [0.15, 0.2) is 42.9 Å². The number of aromatic amines is 1. The highest BCUT2D eigenvalue weighted by Crippen LogP contribution is 2.34. The van der Waals surface area contributed by atoms with Crippen LogP contribution in [0.25, 0.3) is 21.8 Å². The molecule has 1 atom stereocenters. The van der Waals surface area contributed by atoms with Crippen molar-refractivity contribution in [3.63, 3.8) is 0 Å². The molecule has 1 aromatic carbocycles. The van der Waals surface area contributed by atoms with E-state index in [0.717, 1.165) is 27.8 Å². The van der Waals surface area contributed by atoms with Crippen molar-refractivity contribution >= 4 is 39.3 Å².